The molecular weight excluding hydrogens is 262 g/mol. The van der Waals surface area contributed by atoms with Gasteiger partial charge in [-0.3, -0.25) is 4.79 Å². The molecule has 3 N–H and O–H groups in total. The third-order valence-electron chi connectivity index (χ3n) is 2.46. The van der Waals surface area contributed by atoms with Crippen LogP contribution < -0.4 is 5.73 Å². The predicted molar refractivity (Wildman–Crippen MR) is 71.8 cm³/mol. The first-order chi connectivity index (χ1) is 9.56. The van der Waals surface area contributed by atoms with Crippen molar-refractivity contribution in [3.63, 3.8) is 0 Å². The zero-order valence-corrected chi connectivity index (χ0v) is 10.9. The lowest BCUT2D eigenvalue weighted by Crippen LogP contribution is -2.48. The maximum absolute atomic E-state index is 11.5. The number of nitrogens with two attached hydrogens (primary N) is 1. The summed E-state index contributed by atoms with van der Waals surface area (Å²) in [7, 11) is 0. The van der Waals surface area contributed by atoms with Crippen LogP contribution in [-0.4, -0.2) is 35.8 Å². The van der Waals surface area contributed by atoms with Crippen LogP contribution in [0.15, 0.2) is 43.0 Å². The van der Waals surface area contributed by atoms with Crippen molar-refractivity contribution in [1.29, 1.82) is 0 Å². The zero-order chi connectivity index (χ0) is 15.0. The minimum Gasteiger partial charge on any atom is -0.479 e. The molecule has 2 atom stereocenters. The van der Waals surface area contributed by atoms with E-state index in [0.717, 1.165) is 5.56 Å². The monoisotopic (exact) mass is 279 g/mol. The Bertz CT molecular complexity index is 460. The molecule has 1 rings (SSSR count). The fraction of sp³-hybridized carbons (Fsp3) is 0.286. The molecule has 0 aliphatic heterocycles. The van der Waals surface area contributed by atoms with Crippen molar-refractivity contribution >= 4 is 11.9 Å². The average molecular weight is 279 g/mol. The van der Waals surface area contributed by atoms with Gasteiger partial charge in [-0.2, -0.15) is 0 Å². The minimum absolute atomic E-state index is 0.0302. The van der Waals surface area contributed by atoms with Gasteiger partial charge in [0.2, 0.25) is 0 Å². The molecule has 0 amide bonds. The number of carboxylic acid groups (broad SMARTS) is 1. The molecule has 0 aliphatic rings. The van der Waals surface area contributed by atoms with Crippen molar-refractivity contribution in [2.75, 3.05) is 6.61 Å². The number of carboxylic acids is 1. The van der Waals surface area contributed by atoms with Gasteiger partial charge in [-0.05, 0) is 5.56 Å². The van der Waals surface area contributed by atoms with Crippen molar-refractivity contribution in [3.05, 3.63) is 48.6 Å². The SMILES string of the molecule is C=CCOC(=O)[C@@H](N)C(OCc1ccccc1)C(=O)O. The van der Waals surface area contributed by atoms with Crippen molar-refractivity contribution in [1.82, 2.24) is 0 Å². The third-order valence-corrected chi connectivity index (χ3v) is 2.46. The summed E-state index contributed by atoms with van der Waals surface area (Å²) in [4.78, 5) is 22.6. The van der Waals surface area contributed by atoms with E-state index in [1.165, 1.54) is 6.08 Å². The Morgan fingerprint density at radius 2 is 2.00 bits per heavy atom. The first-order valence-corrected chi connectivity index (χ1v) is 5.97. The average Bonchev–Trinajstić information content (AvgIpc) is 2.45. The Labute approximate surface area is 116 Å². The van der Waals surface area contributed by atoms with Crippen LogP contribution in [0.5, 0.6) is 0 Å². The van der Waals surface area contributed by atoms with E-state index in [4.69, 9.17) is 20.3 Å². The first-order valence-electron chi connectivity index (χ1n) is 5.97. The summed E-state index contributed by atoms with van der Waals surface area (Å²) in [5.74, 6) is -2.16. The molecule has 6 nitrogen and oxygen atoms in total. The van der Waals surface area contributed by atoms with Gasteiger partial charge in [0.15, 0.2) is 6.10 Å². The molecule has 0 saturated heterocycles. The van der Waals surface area contributed by atoms with Crippen LogP contribution in [0.1, 0.15) is 5.56 Å². The largest absolute Gasteiger partial charge is 0.479 e. The van der Waals surface area contributed by atoms with E-state index >= 15 is 0 Å². The maximum Gasteiger partial charge on any atom is 0.335 e. The predicted octanol–water partition coefficient (Wildman–Crippen LogP) is 0.713. The van der Waals surface area contributed by atoms with E-state index in [1.807, 2.05) is 6.07 Å². The van der Waals surface area contributed by atoms with Crippen LogP contribution >= 0.6 is 0 Å². The normalized spacial score (nSPS) is 13.2. The molecule has 1 unspecified atom stereocenters. The molecular formula is C14H17NO5. The van der Waals surface area contributed by atoms with E-state index in [-0.39, 0.29) is 13.2 Å². The molecule has 1 aromatic rings. The van der Waals surface area contributed by atoms with Crippen LogP contribution in [0.2, 0.25) is 0 Å². The van der Waals surface area contributed by atoms with Crippen LogP contribution in [0.4, 0.5) is 0 Å². The highest BCUT2D eigenvalue weighted by molar-refractivity contribution is 5.85. The second-order valence-corrected chi connectivity index (χ2v) is 4.00. The summed E-state index contributed by atoms with van der Waals surface area (Å²) in [6.07, 6.45) is -0.0990. The number of carbonyl (C=O) groups excluding carboxylic acids is 1. The zero-order valence-electron chi connectivity index (χ0n) is 10.9. The summed E-state index contributed by atoms with van der Waals surface area (Å²) in [6.45, 7) is 3.39. The summed E-state index contributed by atoms with van der Waals surface area (Å²) in [5, 5.41) is 9.06. The smallest absolute Gasteiger partial charge is 0.335 e. The number of ether oxygens (including phenoxy) is 2. The van der Waals surface area contributed by atoms with Crippen LogP contribution in [0.25, 0.3) is 0 Å². The highest BCUT2D eigenvalue weighted by Crippen LogP contribution is 2.07. The van der Waals surface area contributed by atoms with Crippen molar-refractivity contribution in [2.45, 2.75) is 18.8 Å². The molecule has 0 spiro atoms. The van der Waals surface area contributed by atoms with Crippen LogP contribution in [-0.2, 0) is 25.7 Å². The van der Waals surface area contributed by atoms with Gasteiger partial charge in [0.1, 0.15) is 12.6 Å². The highest BCUT2D eigenvalue weighted by atomic mass is 16.5. The Balaban J connectivity index is 2.62. The summed E-state index contributed by atoms with van der Waals surface area (Å²) in [5.41, 5.74) is 6.34. The fourth-order valence-electron chi connectivity index (χ4n) is 1.45. The quantitative estimate of drug-likeness (QED) is 0.537. The molecule has 0 bridgehead atoms. The van der Waals surface area contributed by atoms with Crippen LogP contribution in [0.3, 0.4) is 0 Å². The Morgan fingerprint density at radius 3 is 2.55 bits per heavy atom. The number of esters is 1. The standard InChI is InChI=1S/C14H17NO5/c1-2-8-19-14(18)11(15)12(13(16)17)20-9-10-6-4-3-5-7-10/h2-7,11-12H,1,8-9,15H2,(H,16,17)/t11-,12?/m0/s1. The molecule has 0 radical (unpaired) electrons. The van der Waals surface area contributed by atoms with Crippen molar-refractivity contribution in [2.24, 2.45) is 5.73 Å². The third kappa shape index (κ3) is 4.83. The summed E-state index contributed by atoms with van der Waals surface area (Å²) < 4.78 is 9.91. The highest BCUT2D eigenvalue weighted by Gasteiger charge is 2.32. The molecule has 0 saturated carbocycles. The number of carbonyl (C=O) groups is 2. The Hall–Kier alpha value is -2.18. The molecule has 0 aromatic heterocycles. The lowest BCUT2D eigenvalue weighted by molar-refractivity contribution is -0.162. The minimum atomic E-state index is -1.47. The van der Waals surface area contributed by atoms with Crippen LogP contribution in [0, 0.1) is 0 Å². The lowest BCUT2D eigenvalue weighted by Gasteiger charge is -2.19. The van der Waals surface area contributed by atoms with Crippen molar-refractivity contribution < 1.29 is 24.2 Å². The van der Waals surface area contributed by atoms with Gasteiger partial charge in [-0.1, -0.05) is 43.0 Å². The summed E-state index contributed by atoms with van der Waals surface area (Å²) in [6, 6.07) is 7.59. The second-order valence-electron chi connectivity index (χ2n) is 4.00. The van der Waals surface area contributed by atoms with Gasteiger partial charge in [-0.25, -0.2) is 4.79 Å². The second kappa shape index (κ2) is 8.08. The van der Waals surface area contributed by atoms with E-state index < -0.39 is 24.1 Å². The Morgan fingerprint density at radius 1 is 1.35 bits per heavy atom. The number of benzene rings is 1. The van der Waals surface area contributed by atoms with Gasteiger partial charge in [0.25, 0.3) is 0 Å². The molecule has 0 aliphatic carbocycles. The van der Waals surface area contributed by atoms with E-state index in [2.05, 4.69) is 6.58 Å². The van der Waals surface area contributed by atoms with E-state index in [9.17, 15) is 9.59 Å². The van der Waals surface area contributed by atoms with Gasteiger partial charge in [0.05, 0.1) is 6.61 Å². The molecule has 20 heavy (non-hydrogen) atoms. The molecule has 0 fully saturated rings. The number of hydrogen-bond acceptors (Lipinski definition) is 5. The number of rotatable bonds is 8. The lowest BCUT2D eigenvalue weighted by atomic mass is 10.1. The maximum atomic E-state index is 11.5. The molecule has 108 valence electrons. The topological polar surface area (TPSA) is 98.9 Å². The van der Waals surface area contributed by atoms with Gasteiger partial charge >= 0.3 is 11.9 Å². The van der Waals surface area contributed by atoms with Gasteiger partial charge in [0, 0.05) is 0 Å². The van der Waals surface area contributed by atoms with Gasteiger partial charge in [-0.15, -0.1) is 0 Å². The van der Waals surface area contributed by atoms with Crippen molar-refractivity contribution in [3.8, 4) is 0 Å². The van der Waals surface area contributed by atoms with E-state index in [0.29, 0.717) is 0 Å². The first kappa shape index (κ1) is 15.9. The Kier molecular flexibility index (Phi) is 6.42. The van der Waals surface area contributed by atoms with Gasteiger partial charge < -0.3 is 20.3 Å². The fourth-order valence-corrected chi connectivity index (χ4v) is 1.45. The molecule has 0 heterocycles. The number of hydrogen-bond donors (Lipinski definition) is 2. The number of aliphatic carboxylic acids is 1. The molecule has 6 heteroatoms. The van der Waals surface area contributed by atoms with E-state index in [1.54, 1.807) is 24.3 Å². The molecule has 1 aromatic carbocycles. The summed E-state index contributed by atoms with van der Waals surface area (Å²) >= 11 is 0.